The Hall–Kier alpha value is -4.56. The predicted molar refractivity (Wildman–Crippen MR) is 159 cm³/mol. The van der Waals surface area contributed by atoms with Gasteiger partial charge in [-0.1, -0.05) is 30.3 Å². The molecule has 2 aliphatic rings. The third-order valence-electron chi connectivity index (χ3n) is 7.57. The Bertz CT molecular complexity index is 1590. The second-order valence-corrected chi connectivity index (χ2v) is 10.6. The monoisotopic (exact) mass is 551 g/mol. The molecule has 1 amide bonds. The summed E-state index contributed by atoms with van der Waals surface area (Å²) >= 11 is 0. The quantitative estimate of drug-likeness (QED) is 0.321. The van der Waals surface area contributed by atoms with Crippen LogP contribution in [0.1, 0.15) is 32.6 Å². The fraction of sp³-hybridized carbons (Fsp3) is 0.212. The maximum Gasteiger partial charge on any atom is 0.258 e. The third-order valence-corrected chi connectivity index (χ3v) is 7.57. The third kappa shape index (κ3) is 6.12. The van der Waals surface area contributed by atoms with E-state index in [1.807, 2.05) is 66.7 Å². The highest BCUT2D eigenvalue weighted by molar-refractivity contribution is 6.16. The summed E-state index contributed by atoms with van der Waals surface area (Å²) in [6, 6.07) is 25.0. The highest BCUT2D eigenvalue weighted by atomic mass is 19.1. The van der Waals surface area contributed by atoms with Gasteiger partial charge in [0.25, 0.3) is 5.91 Å². The van der Waals surface area contributed by atoms with E-state index in [9.17, 15) is 13.6 Å². The van der Waals surface area contributed by atoms with Crippen molar-refractivity contribution < 1.29 is 13.6 Å². The standard InChI is InChI=1S/C33H31F2N5O/c1-39-11-13-40(14-12-39)28-9-10-29(31(20-28)37-27-5-3-2-4-6-27)33(41)38-32-30-18-22(7-8-24(30)21-36-32)15-23-16-25(34)19-26(35)17-23/h2-10,16-20,37H,11-15,21H2,1H3,(H,36,38,41). The van der Waals surface area contributed by atoms with Crippen LogP contribution in [0.5, 0.6) is 0 Å². The normalized spacial score (nSPS) is 14.9. The maximum atomic E-state index is 13.7. The fourth-order valence-corrected chi connectivity index (χ4v) is 5.34. The molecule has 0 aromatic heterocycles. The summed E-state index contributed by atoms with van der Waals surface area (Å²) in [5.74, 6) is -0.980. The Morgan fingerprint density at radius 3 is 2.37 bits per heavy atom. The molecule has 41 heavy (non-hydrogen) atoms. The summed E-state index contributed by atoms with van der Waals surface area (Å²) in [5.41, 5.74) is 6.40. The molecule has 2 N–H and O–H groups in total. The molecule has 208 valence electrons. The minimum Gasteiger partial charge on any atom is -0.369 e. The number of hydrogen-bond donors (Lipinski definition) is 2. The van der Waals surface area contributed by atoms with E-state index in [0.29, 0.717) is 35.6 Å². The predicted octanol–water partition coefficient (Wildman–Crippen LogP) is 5.74. The van der Waals surface area contributed by atoms with E-state index in [1.54, 1.807) is 0 Å². The number of nitrogens with zero attached hydrogens (tertiary/aromatic N) is 3. The number of fused-ring (bicyclic) bond motifs is 1. The zero-order chi connectivity index (χ0) is 28.3. The van der Waals surface area contributed by atoms with Crippen LogP contribution in [0.4, 0.5) is 25.8 Å². The van der Waals surface area contributed by atoms with Crippen molar-refractivity contribution in [1.29, 1.82) is 0 Å². The summed E-state index contributed by atoms with van der Waals surface area (Å²) in [5, 5.41) is 6.45. The van der Waals surface area contributed by atoms with Crippen LogP contribution in [-0.2, 0) is 13.0 Å². The van der Waals surface area contributed by atoms with Crippen LogP contribution in [0.2, 0.25) is 0 Å². The molecule has 2 aliphatic heterocycles. The van der Waals surface area contributed by atoms with Crippen molar-refractivity contribution in [2.24, 2.45) is 4.99 Å². The van der Waals surface area contributed by atoms with Crippen molar-refractivity contribution >= 4 is 28.8 Å². The van der Waals surface area contributed by atoms with Gasteiger partial charge in [-0.2, -0.15) is 0 Å². The molecular formula is C33H31F2N5O. The van der Waals surface area contributed by atoms with Crippen molar-refractivity contribution in [3.8, 4) is 0 Å². The molecular weight excluding hydrogens is 520 g/mol. The number of para-hydroxylation sites is 1. The minimum atomic E-state index is -0.603. The topological polar surface area (TPSA) is 60.0 Å². The number of amidine groups is 1. The Morgan fingerprint density at radius 2 is 1.61 bits per heavy atom. The molecule has 0 atom stereocenters. The van der Waals surface area contributed by atoms with E-state index in [1.165, 1.54) is 12.1 Å². The van der Waals surface area contributed by atoms with Crippen LogP contribution in [0.3, 0.4) is 0 Å². The molecule has 2 heterocycles. The first kappa shape index (κ1) is 26.7. The average molecular weight is 552 g/mol. The van der Waals surface area contributed by atoms with Gasteiger partial charge in [-0.05, 0) is 78.7 Å². The van der Waals surface area contributed by atoms with E-state index in [-0.39, 0.29) is 5.91 Å². The number of rotatable bonds is 6. The highest BCUT2D eigenvalue weighted by Gasteiger charge is 2.22. The number of carbonyl (C=O) groups is 1. The molecule has 1 saturated heterocycles. The molecule has 4 aromatic rings. The Labute approximate surface area is 238 Å². The van der Waals surface area contributed by atoms with Crippen LogP contribution in [0.15, 0.2) is 89.9 Å². The van der Waals surface area contributed by atoms with Crippen molar-refractivity contribution in [2.75, 3.05) is 43.4 Å². The second kappa shape index (κ2) is 11.5. The zero-order valence-electron chi connectivity index (χ0n) is 22.8. The molecule has 6 rings (SSSR count). The van der Waals surface area contributed by atoms with Crippen LogP contribution in [-0.4, -0.2) is 49.9 Å². The number of anilines is 3. The molecule has 1 fully saturated rings. The minimum absolute atomic E-state index is 0.266. The Morgan fingerprint density at radius 1 is 0.854 bits per heavy atom. The van der Waals surface area contributed by atoms with Gasteiger partial charge in [0.2, 0.25) is 0 Å². The first-order valence-electron chi connectivity index (χ1n) is 13.7. The lowest BCUT2D eigenvalue weighted by molar-refractivity contribution is 0.0978. The van der Waals surface area contributed by atoms with E-state index in [2.05, 4.69) is 32.5 Å². The van der Waals surface area contributed by atoms with Crippen LogP contribution >= 0.6 is 0 Å². The van der Waals surface area contributed by atoms with E-state index >= 15 is 0 Å². The first-order valence-corrected chi connectivity index (χ1v) is 13.7. The van der Waals surface area contributed by atoms with Crippen LogP contribution in [0.25, 0.3) is 0 Å². The molecule has 0 aliphatic carbocycles. The first-order chi connectivity index (χ1) is 19.9. The van der Waals surface area contributed by atoms with Gasteiger partial charge in [0.05, 0.1) is 17.8 Å². The number of nitrogens with one attached hydrogen (secondary N) is 2. The van der Waals surface area contributed by atoms with E-state index < -0.39 is 11.6 Å². The fourth-order valence-electron chi connectivity index (χ4n) is 5.34. The molecule has 0 spiro atoms. The van der Waals surface area contributed by atoms with Crippen molar-refractivity contribution in [2.45, 2.75) is 13.0 Å². The second-order valence-electron chi connectivity index (χ2n) is 10.6. The molecule has 4 aromatic carbocycles. The van der Waals surface area contributed by atoms with Crippen molar-refractivity contribution in [1.82, 2.24) is 10.2 Å². The van der Waals surface area contributed by atoms with Gasteiger partial charge < -0.3 is 20.4 Å². The molecule has 0 bridgehead atoms. The molecule has 6 nitrogen and oxygen atoms in total. The van der Waals surface area contributed by atoms with Gasteiger partial charge in [-0.25, -0.2) is 8.78 Å². The summed E-state index contributed by atoms with van der Waals surface area (Å²) in [6.45, 7) is 4.27. The van der Waals surface area contributed by atoms with Gasteiger partial charge in [0.1, 0.15) is 17.5 Å². The van der Waals surface area contributed by atoms with Gasteiger partial charge in [0, 0.05) is 49.2 Å². The summed E-state index contributed by atoms with van der Waals surface area (Å²) in [4.78, 5) is 22.9. The van der Waals surface area contributed by atoms with E-state index in [0.717, 1.165) is 60.3 Å². The lowest BCUT2D eigenvalue weighted by Gasteiger charge is -2.34. The van der Waals surface area contributed by atoms with Gasteiger partial charge >= 0.3 is 0 Å². The van der Waals surface area contributed by atoms with Crippen LogP contribution < -0.4 is 15.5 Å². The van der Waals surface area contributed by atoms with Gasteiger partial charge in [0.15, 0.2) is 0 Å². The Balaban J connectivity index is 1.24. The Kier molecular flexibility index (Phi) is 7.48. The largest absolute Gasteiger partial charge is 0.369 e. The summed E-state index contributed by atoms with van der Waals surface area (Å²) in [7, 11) is 2.13. The van der Waals surface area contributed by atoms with Gasteiger partial charge in [-0.15, -0.1) is 0 Å². The van der Waals surface area contributed by atoms with Gasteiger partial charge in [-0.3, -0.25) is 9.79 Å². The number of likely N-dealkylation sites (N-methyl/N-ethyl adjacent to an activating group) is 1. The smallest absolute Gasteiger partial charge is 0.258 e. The SMILES string of the molecule is CN1CCN(c2ccc(C(=O)NC3=NCc4ccc(Cc5cc(F)cc(F)c5)cc43)c(Nc3ccccc3)c2)CC1. The number of hydrogen-bond acceptors (Lipinski definition) is 5. The molecule has 0 unspecified atom stereocenters. The number of piperazine rings is 1. The highest BCUT2D eigenvalue weighted by Crippen LogP contribution is 2.29. The van der Waals surface area contributed by atoms with Crippen molar-refractivity contribution in [3.05, 3.63) is 124 Å². The molecule has 0 saturated carbocycles. The lowest BCUT2D eigenvalue weighted by Crippen LogP contribution is -2.44. The number of amides is 1. The van der Waals surface area contributed by atoms with Crippen molar-refractivity contribution in [3.63, 3.8) is 0 Å². The summed E-state index contributed by atoms with van der Waals surface area (Å²) in [6.07, 6.45) is 0.363. The number of aliphatic imine (C=N–C) groups is 1. The summed E-state index contributed by atoms with van der Waals surface area (Å²) < 4.78 is 27.4. The average Bonchev–Trinajstić information content (AvgIpc) is 3.35. The molecule has 8 heteroatoms. The number of carbonyl (C=O) groups excluding carboxylic acids is 1. The zero-order valence-corrected chi connectivity index (χ0v) is 22.8. The maximum absolute atomic E-state index is 13.7. The van der Waals surface area contributed by atoms with Crippen LogP contribution in [0, 0.1) is 11.6 Å². The van der Waals surface area contributed by atoms with E-state index in [4.69, 9.17) is 0 Å². The molecule has 0 radical (unpaired) electrons. The number of benzene rings is 4. The lowest BCUT2D eigenvalue weighted by atomic mass is 9.99. The number of halogens is 2.